The second-order valence-corrected chi connectivity index (χ2v) is 7.37. The first kappa shape index (κ1) is 14.1. The molecule has 112 valence electrons. The van der Waals surface area contributed by atoms with Crippen molar-refractivity contribution >= 4 is 40.6 Å². The van der Waals surface area contributed by atoms with E-state index in [9.17, 15) is 9.59 Å². The number of rotatable bonds is 2. The fourth-order valence-corrected chi connectivity index (χ4v) is 4.21. The van der Waals surface area contributed by atoms with Crippen LogP contribution in [0.15, 0.2) is 41.5 Å². The standard InChI is InChI=1S/C17H15IN2O2/c18-13-7-1-10(2-8-13)9-19-20-16(21)14-11-3-4-12(6-5-11)15(14)17(20)22/h1-4,7-9,11-12,14-15H,5-6H2/b19-9-/t11-,12-,14-,15+/m0/s1. The fraction of sp³-hybridized carbons (Fsp3) is 0.353. The third-order valence-corrected chi connectivity index (χ3v) is 5.65. The summed E-state index contributed by atoms with van der Waals surface area (Å²) in [7, 11) is 0. The van der Waals surface area contributed by atoms with Gasteiger partial charge in [0, 0.05) is 3.57 Å². The lowest BCUT2D eigenvalue weighted by Crippen LogP contribution is -2.38. The lowest BCUT2D eigenvalue weighted by atomic mass is 9.63. The summed E-state index contributed by atoms with van der Waals surface area (Å²) in [6.07, 6.45) is 7.85. The molecule has 4 atom stereocenters. The summed E-state index contributed by atoms with van der Waals surface area (Å²) in [5, 5.41) is 5.29. The van der Waals surface area contributed by atoms with Gasteiger partial charge in [-0.3, -0.25) is 9.59 Å². The number of halogens is 1. The summed E-state index contributed by atoms with van der Waals surface area (Å²) < 4.78 is 1.14. The molecule has 4 aliphatic rings. The number of amides is 2. The van der Waals surface area contributed by atoms with E-state index < -0.39 is 0 Å². The Kier molecular flexibility index (Phi) is 3.40. The maximum absolute atomic E-state index is 12.6. The number of carbonyl (C=O) groups is 2. The van der Waals surface area contributed by atoms with Crippen LogP contribution in [0.3, 0.4) is 0 Å². The van der Waals surface area contributed by atoms with Crippen LogP contribution in [0.5, 0.6) is 0 Å². The SMILES string of the molecule is O=C1[C@@H]2[C@H](C(=O)N1/N=C\c1ccc(I)cc1)[C@H]1C=C[C@H]2CC1. The molecule has 0 aromatic heterocycles. The highest BCUT2D eigenvalue weighted by atomic mass is 127. The maximum atomic E-state index is 12.6. The number of fused-ring (bicyclic) bond motifs is 1. The average molecular weight is 406 g/mol. The van der Waals surface area contributed by atoms with Crippen LogP contribution < -0.4 is 0 Å². The largest absolute Gasteiger partial charge is 0.272 e. The second-order valence-electron chi connectivity index (χ2n) is 6.13. The predicted molar refractivity (Wildman–Crippen MR) is 90.9 cm³/mol. The highest BCUT2D eigenvalue weighted by Crippen LogP contribution is 2.49. The molecule has 2 fully saturated rings. The minimum Gasteiger partial charge on any atom is -0.272 e. The Labute approximate surface area is 142 Å². The zero-order valence-electron chi connectivity index (χ0n) is 11.9. The maximum Gasteiger partial charge on any atom is 0.254 e. The van der Waals surface area contributed by atoms with Gasteiger partial charge in [0.1, 0.15) is 0 Å². The van der Waals surface area contributed by atoms with Gasteiger partial charge in [-0.1, -0.05) is 24.3 Å². The molecule has 5 rings (SSSR count). The van der Waals surface area contributed by atoms with E-state index in [0.29, 0.717) is 0 Å². The van der Waals surface area contributed by atoms with Crippen LogP contribution in [-0.4, -0.2) is 23.0 Å². The molecule has 22 heavy (non-hydrogen) atoms. The van der Waals surface area contributed by atoms with E-state index in [2.05, 4.69) is 39.8 Å². The van der Waals surface area contributed by atoms with E-state index in [0.717, 1.165) is 27.0 Å². The Balaban J connectivity index is 1.60. The van der Waals surface area contributed by atoms with E-state index >= 15 is 0 Å². The number of hydrogen-bond donors (Lipinski definition) is 0. The predicted octanol–water partition coefficient (Wildman–Crippen LogP) is 2.82. The van der Waals surface area contributed by atoms with Gasteiger partial charge in [0.25, 0.3) is 11.8 Å². The van der Waals surface area contributed by atoms with Gasteiger partial charge in [-0.05, 0) is 65.0 Å². The fourth-order valence-electron chi connectivity index (χ4n) is 3.85. The van der Waals surface area contributed by atoms with Crippen molar-refractivity contribution < 1.29 is 9.59 Å². The number of allylic oxidation sites excluding steroid dienone is 2. The molecule has 2 amide bonds. The van der Waals surface area contributed by atoms with Crippen molar-refractivity contribution in [2.75, 3.05) is 0 Å². The van der Waals surface area contributed by atoms with E-state index in [4.69, 9.17) is 0 Å². The summed E-state index contributed by atoms with van der Waals surface area (Å²) >= 11 is 2.23. The monoisotopic (exact) mass is 406 g/mol. The molecule has 5 heteroatoms. The van der Waals surface area contributed by atoms with E-state index in [1.54, 1.807) is 6.21 Å². The lowest BCUT2D eigenvalue weighted by Gasteiger charge is -2.37. The van der Waals surface area contributed by atoms with Crippen molar-refractivity contribution in [3.63, 3.8) is 0 Å². The molecule has 1 aromatic rings. The Morgan fingerprint density at radius 3 is 2.05 bits per heavy atom. The van der Waals surface area contributed by atoms with Gasteiger partial charge >= 0.3 is 0 Å². The summed E-state index contributed by atoms with van der Waals surface area (Å²) in [6, 6.07) is 7.79. The quantitative estimate of drug-likeness (QED) is 0.328. The highest BCUT2D eigenvalue weighted by Gasteiger charge is 2.56. The zero-order valence-corrected chi connectivity index (χ0v) is 14.0. The average Bonchev–Trinajstić information content (AvgIpc) is 2.82. The normalized spacial score (nSPS) is 33.0. The molecule has 0 spiro atoms. The summed E-state index contributed by atoms with van der Waals surface area (Å²) in [5.41, 5.74) is 0.886. The minimum absolute atomic E-state index is 0.129. The van der Waals surface area contributed by atoms with Crippen molar-refractivity contribution in [1.29, 1.82) is 0 Å². The molecule has 0 N–H and O–H groups in total. The number of imide groups is 1. The third-order valence-electron chi connectivity index (χ3n) is 4.93. The molecule has 1 aliphatic heterocycles. The van der Waals surface area contributed by atoms with Crippen molar-refractivity contribution in [2.24, 2.45) is 28.8 Å². The molecular formula is C17H15IN2O2. The molecule has 4 nitrogen and oxygen atoms in total. The Hall–Kier alpha value is -1.50. The van der Waals surface area contributed by atoms with Crippen LogP contribution in [0.4, 0.5) is 0 Å². The number of nitrogens with zero attached hydrogens (tertiary/aromatic N) is 2. The molecule has 0 radical (unpaired) electrons. The molecule has 1 aromatic carbocycles. The van der Waals surface area contributed by atoms with Crippen molar-refractivity contribution in [3.05, 3.63) is 45.6 Å². The van der Waals surface area contributed by atoms with Gasteiger partial charge in [0.15, 0.2) is 0 Å². The molecular weight excluding hydrogens is 391 g/mol. The Bertz CT molecular complexity index is 663. The summed E-state index contributed by atoms with van der Waals surface area (Å²) in [5.74, 6) is -0.211. The lowest BCUT2D eigenvalue weighted by molar-refractivity contribution is -0.140. The van der Waals surface area contributed by atoms with Gasteiger partial charge < -0.3 is 0 Å². The third kappa shape index (κ3) is 2.14. The van der Waals surface area contributed by atoms with Gasteiger partial charge in [-0.15, -0.1) is 0 Å². The number of hydrogen-bond acceptors (Lipinski definition) is 3. The van der Waals surface area contributed by atoms with Crippen LogP contribution >= 0.6 is 22.6 Å². The first-order valence-electron chi connectivity index (χ1n) is 7.51. The Morgan fingerprint density at radius 1 is 1.00 bits per heavy atom. The van der Waals surface area contributed by atoms with E-state index in [1.807, 2.05) is 24.3 Å². The smallest absolute Gasteiger partial charge is 0.254 e. The highest BCUT2D eigenvalue weighted by molar-refractivity contribution is 14.1. The van der Waals surface area contributed by atoms with E-state index in [-0.39, 0.29) is 35.5 Å². The first-order chi connectivity index (χ1) is 10.6. The number of benzene rings is 1. The first-order valence-corrected chi connectivity index (χ1v) is 8.59. The molecule has 2 bridgehead atoms. The van der Waals surface area contributed by atoms with Crippen LogP contribution in [0.1, 0.15) is 18.4 Å². The van der Waals surface area contributed by atoms with Crippen LogP contribution in [-0.2, 0) is 9.59 Å². The number of carbonyl (C=O) groups excluding carboxylic acids is 2. The number of hydrazone groups is 1. The van der Waals surface area contributed by atoms with Crippen molar-refractivity contribution in [3.8, 4) is 0 Å². The van der Waals surface area contributed by atoms with Crippen molar-refractivity contribution in [2.45, 2.75) is 12.8 Å². The Morgan fingerprint density at radius 2 is 1.55 bits per heavy atom. The van der Waals surface area contributed by atoms with Gasteiger partial charge in [0.05, 0.1) is 18.1 Å². The van der Waals surface area contributed by atoms with Gasteiger partial charge in [-0.2, -0.15) is 10.1 Å². The van der Waals surface area contributed by atoms with Gasteiger partial charge in [-0.25, -0.2) is 0 Å². The van der Waals surface area contributed by atoms with Crippen LogP contribution in [0.25, 0.3) is 0 Å². The van der Waals surface area contributed by atoms with Gasteiger partial charge in [0.2, 0.25) is 0 Å². The minimum atomic E-state index is -0.190. The second kappa shape index (κ2) is 5.30. The zero-order chi connectivity index (χ0) is 15.3. The molecule has 0 unspecified atom stereocenters. The molecule has 1 saturated carbocycles. The van der Waals surface area contributed by atoms with E-state index in [1.165, 1.54) is 0 Å². The molecule has 1 heterocycles. The van der Waals surface area contributed by atoms with Crippen LogP contribution in [0, 0.1) is 27.2 Å². The molecule has 1 saturated heterocycles. The summed E-state index contributed by atoms with van der Waals surface area (Å²) in [4.78, 5) is 25.1. The summed E-state index contributed by atoms with van der Waals surface area (Å²) in [6.45, 7) is 0. The molecule has 3 aliphatic carbocycles. The topological polar surface area (TPSA) is 49.7 Å². The van der Waals surface area contributed by atoms with Crippen LogP contribution in [0.2, 0.25) is 0 Å². The van der Waals surface area contributed by atoms with Crippen molar-refractivity contribution in [1.82, 2.24) is 5.01 Å².